The zero-order valence-corrected chi connectivity index (χ0v) is 14.8. The van der Waals surface area contributed by atoms with Crippen molar-refractivity contribution in [2.75, 3.05) is 6.16 Å². The number of hydrogen-bond donors (Lipinski definition) is 0. The van der Waals surface area contributed by atoms with Gasteiger partial charge in [-0.2, -0.15) is 13.2 Å². The molecule has 0 saturated heterocycles. The lowest BCUT2D eigenvalue weighted by Gasteiger charge is -2.27. The van der Waals surface area contributed by atoms with Crippen molar-refractivity contribution >= 4 is 29.0 Å². The molecule has 0 aliphatic rings. The monoisotopic (exact) mass is 373 g/mol. The van der Waals surface area contributed by atoms with Crippen LogP contribution in [0.25, 0.3) is 0 Å². The van der Waals surface area contributed by atoms with Crippen LogP contribution in [0, 0.1) is 0 Å². The molecule has 1 nitrogen and oxygen atoms in total. The summed E-state index contributed by atoms with van der Waals surface area (Å²) in [5, 5.41) is 2.28. The van der Waals surface area contributed by atoms with E-state index in [-0.39, 0.29) is 0 Å². The number of benzene rings is 3. The molecule has 0 amide bonds. The van der Waals surface area contributed by atoms with Gasteiger partial charge in [0.15, 0.2) is 0 Å². The van der Waals surface area contributed by atoms with E-state index >= 15 is 0 Å². The van der Waals surface area contributed by atoms with Crippen molar-refractivity contribution in [2.24, 2.45) is 0 Å². The zero-order valence-electron chi connectivity index (χ0n) is 13.9. The summed E-state index contributed by atoms with van der Waals surface area (Å²) in [7, 11) is -2.78. The summed E-state index contributed by atoms with van der Waals surface area (Å²) in [6.07, 6.45) is -5.43. The quantitative estimate of drug-likeness (QED) is 0.615. The van der Waals surface area contributed by atoms with E-state index < -0.39 is 25.4 Å². The first kappa shape index (κ1) is 18.3. The number of rotatable bonds is 5. The van der Waals surface area contributed by atoms with Crippen LogP contribution in [0.4, 0.5) is 13.2 Å². The van der Waals surface area contributed by atoms with E-state index in [0.29, 0.717) is 0 Å². The molecule has 0 aliphatic carbocycles. The maximum Gasteiger partial charge on any atom is 0.453 e. The second-order valence-electron chi connectivity index (χ2n) is 5.90. The van der Waals surface area contributed by atoms with Crippen LogP contribution in [0.5, 0.6) is 0 Å². The average Bonchev–Trinajstić information content (AvgIpc) is 2.67. The largest absolute Gasteiger partial charge is 0.453 e. The molecule has 0 bridgehead atoms. The number of carbonyl (C=O) groups is 1. The van der Waals surface area contributed by atoms with Crippen LogP contribution in [0.2, 0.25) is 0 Å². The Balaban J connectivity index is 2.30. The Bertz CT molecular complexity index is 765. The van der Waals surface area contributed by atoms with Crippen LogP contribution in [0.1, 0.15) is 0 Å². The van der Waals surface area contributed by atoms with Crippen molar-refractivity contribution in [3.63, 3.8) is 0 Å². The smallest absolute Gasteiger partial charge is 0.285 e. The standard InChI is InChI=1S/C21H17F3OP/c22-21(23,24)20(25)16-26(17-10-4-1-5-11-17,18-12-6-2-7-13-18)19-14-8-3-9-15-19/h1-15H,16H2/q+1. The lowest BCUT2D eigenvalue weighted by atomic mass is 10.3. The van der Waals surface area contributed by atoms with E-state index in [1.165, 1.54) is 0 Å². The van der Waals surface area contributed by atoms with Gasteiger partial charge in [-0.3, -0.25) is 4.79 Å². The molecule has 26 heavy (non-hydrogen) atoms. The zero-order chi connectivity index (χ0) is 18.6. The minimum atomic E-state index is -4.86. The fourth-order valence-electron chi connectivity index (χ4n) is 3.07. The second-order valence-corrected chi connectivity index (χ2v) is 9.38. The summed E-state index contributed by atoms with van der Waals surface area (Å²) >= 11 is 0. The molecule has 0 heterocycles. The fraction of sp³-hybridized carbons (Fsp3) is 0.0952. The van der Waals surface area contributed by atoms with Gasteiger partial charge in [0.1, 0.15) is 29.3 Å². The Kier molecular flexibility index (Phi) is 5.24. The molecule has 0 aromatic heterocycles. The minimum Gasteiger partial charge on any atom is -0.285 e. The molecule has 132 valence electrons. The van der Waals surface area contributed by atoms with Gasteiger partial charge in [-0.25, -0.2) is 0 Å². The number of ketones is 1. The Labute approximate surface area is 150 Å². The van der Waals surface area contributed by atoms with E-state index in [1.807, 2.05) is 54.6 Å². The highest BCUT2D eigenvalue weighted by Gasteiger charge is 2.52. The lowest BCUT2D eigenvalue weighted by Crippen LogP contribution is -2.39. The number of halogens is 3. The van der Waals surface area contributed by atoms with E-state index in [2.05, 4.69) is 0 Å². The average molecular weight is 373 g/mol. The van der Waals surface area contributed by atoms with Crippen LogP contribution in [-0.2, 0) is 4.79 Å². The predicted octanol–water partition coefficient (Wildman–Crippen LogP) is 4.11. The van der Waals surface area contributed by atoms with Crippen molar-refractivity contribution in [1.29, 1.82) is 0 Å². The number of hydrogen-bond acceptors (Lipinski definition) is 1. The van der Waals surface area contributed by atoms with E-state index in [9.17, 15) is 18.0 Å². The first-order valence-corrected chi connectivity index (χ1v) is 10.1. The van der Waals surface area contributed by atoms with Gasteiger partial charge >= 0.3 is 6.18 Å². The Hall–Kier alpha value is -2.45. The summed E-state index contributed by atoms with van der Waals surface area (Å²) in [6.45, 7) is 0. The van der Waals surface area contributed by atoms with Gasteiger partial charge in [-0.05, 0) is 36.4 Å². The lowest BCUT2D eigenvalue weighted by molar-refractivity contribution is -0.168. The number of Topliss-reactive ketones (excluding diaryl/α,β-unsaturated/α-hetero) is 1. The molecule has 0 unspecified atom stereocenters. The summed E-state index contributed by atoms with van der Waals surface area (Å²) in [4.78, 5) is 12.1. The molecule has 0 fully saturated rings. The van der Waals surface area contributed by atoms with Gasteiger partial charge in [0.25, 0.3) is 5.78 Å². The SMILES string of the molecule is O=C(C[P+](c1ccccc1)(c1ccccc1)c1ccccc1)C(F)(F)F. The summed E-state index contributed by atoms with van der Waals surface area (Å²) in [5.41, 5.74) is 0. The van der Waals surface area contributed by atoms with E-state index in [4.69, 9.17) is 0 Å². The second kappa shape index (κ2) is 7.43. The van der Waals surface area contributed by atoms with Crippen molar-refractivity contribution < 1.29 is 18.0 Å². The Morgan fingerprint density at radius 2 is 0.962 bits per heavy atom. The molecule has 3 aromatic rings. The van der Waals surface area contributed by atoms with E-state index in [1.54, 1.807) is 36.4 Å². The molecule has 0 spiro atoms. The van der Waals surface area contributed by atoms with E-state index in [0.717, 1.165) is 15.9 Å². The third-order valence-electron chi connectivity index (χ3n) is 4.29. The van der Waals surface area contributed by atoms with Crippen molar-refractivity contribution in [3.8, 4) is 0 Å². The minimum absolute atomic E-state index is 0.575. The molecule has 3 rings (SSSR count). The molecule has 0 radical (unpaired) electrons. The molecule has 5 heteroatoms. The Morgan fingerprint density at radius 3 is 1.23 bits per heavy atom. The van der Waals surface area contributed by atoms with Crippen LogP contribution in [0.3, 0.4) is 0 Å². The molecular weight excluding hydrogens is 356 g/mol. The van der Waals surface area contributed by atoms with Crippen molar-refractivity contribution in [1.82, 2.24) is 0 Å². The predicted molar refractivity (Wildman–Crippen MR) is 101 cm³/mol. The van der Waals surface area contributed by atoms with Crippen LogP contribution < -0.4 is 15.9 Å². The van der Waals surface area contributed by atoms with Gasteiger partial charge in [-0.1, -0.05) is 54.6 Å². The van der Waals surface area contributed by atoms with Crippen LogP contribution in [0.15, 0.2) is 91.0 Å². The highest BCUT2D eigenvalue weighted by molar-refractivity contribution is 7.96. The maximum atomic E-state index is 13.2. The third-order valence-corrected chi connectivity index (χ3v) is 8.59. The first-order valence-electron chi connectivity index (χ1n) is 8.09. The third kappa shape index (κ3) is 3.56. The highest BCUT2D eigenvalue weighted by Crippen LogP contribution is 2.55. The molecule has 0 atom stereocenters. The van der Waals surface area contributed by atoms with Gasteiger partial charge in [0.2, 0.25) is 0 Å². The topological polar surface area (TPSA) is 17.1 Å². The first-order chi connectivity index (χ1) is 12.4. The summed E-state index contributed by atoms with van der Waals surface area (Å²) in [6, 6.07) is 27.2. The van der Waals surface area contributed by atoms with Crippen LogP contribution in [-0.4, -0.2) is 18.1 Å². The fourth-order valence-corrected chi connectivity index (χ4v) is 7.17. The number of alkyl halides is 3. The molecule has 0 saturated carbocycles. The summed E-state index contributed by atoms with van der Waals surface area (Å²) < 4.78 is 39.6. The Morgan fingerprint density at radius 1 is 0.654 bits per heavy atom. The van der Waals surface area contributed by atoms with Crippen molar-refractivity contribution in [3.05, 3.63) is 91.0 Å². The highest BCUT2D eigenvalue weighted by atomic mass is 31.2. The van der Waals surface area contributed by atoms with Gasteiger partial charge < -0.3 is 0 Å². The molecule has 0 aliphatic heterocycles. The molecule has 3 aromatic carbocycles. The summed E-state index contributed by atoms with van der Waals surface area (Å²) in [5.74, 6) is -1.69. The van der Waals surface area contributed by atoms with Gasteiger partial charge in [-0.15, -0.1) is 0 Å². The molecule has 0 N–H and O–H groups in total. The normalized spacial score (nSPS) is 12.0. The van der Waals surface area contributed by atoms with Gasteiger partial charge in [0.05, 0.1) is 0 Å². The maximum absolute atomic E-state index is 13.2. The van der Waals surface area contributed by atoms with Crippen LogP contribution >= 0.6 is 7.26 Å². The number of carbonyl (C=O) groups excluding carboxylic acids is 1. The van der Waals surface area contributed by atoms with Crippen molar-refractivity contribution in [2.45, 2.75) is 6.18 Å². The van der Waals surface area contributed by atoms with Gasteiger partial charge in [0, 0.05) is 0 Å². The molecular formula is C21H17F3OP+.